The number of fused-ring (bicyclic) bond motifs is 3. The molecule has 0 bridgehead atoms. The number of rotatable bonds is 3. The van der Waals surface area contributed by atoms with Crippen LogP contribution in [0.15, 0.2) is 36.4 Å². The second kappa shape index (κ2) is 6.44. The Bertz CT molecular complexity index is 778. The zero-order valence-corrected chi connectivity index (χ0v) is 14.7. The Morgan fingerprint density at radius 3 is 2.88 bits per heavy atom. The van der Waals surface area contributed by atoms with E-state index in [1.165, 1.54) is 23.3 Å². The molecule has 2 aromatic rings. The predicted octanol–water partition coefficient (Wildman–Crippen LogP) is 4.46. The Morgan fingerprint density at radius 2 is 2.08 bits per heavy atom. The van der Waals surface area contributed by atoms with Gasteiger partial charge >= 0.3 is 0 Å². The predicted molar refractivity (Wildman–Crippen MR) is 100 cm³/mol. The van der Waals surface area contributed by atoms with E-state index in [0.29, 0.717) is 0 Å². The maximum Gasteiger partial charge on any atom is 0.256 e. The fourth-order valence-electron chi connectivity index (χ4n) is 3.60. The van der Waals surface area contributed by atoms with Gasteiger partial charge in [-0.2, -0.15) is 0 Å². The minimum absolute atomic E-state index is 0.0684. The van der Waals surface area contributed by atoms with Crippen LogP contribution in [0.4, 0.5) is 5.00 Å². The monoisotopic (exact) mass is 338 g/mol. The lowest BCUT2D eigenvalue weighted by atomic mass is 9.85. The molecule has 1 aliphatic carbocycles. The molecule has 0 unspecified atom stereocenters. The molecule has 0 spiro atoms. The van der Waals surface area contributed by atoms with E-state index in [0.717, 1.165) is 34.9 Å². The van der Waals surface area contributed by atoms with Crippen molar-refractivity contribution in [3.05, 3.63) is 58.0 Å². The third-order valence-corrected chi connectivity index (χ3v) is 6.21. The molecule has 1 aliphatic heterocycles. The van der Waals surface area contributed by atoms with Crippen molar-refractivity contribution in [2.24, 2.45) is 5.92 Å². The molecule has 1 aromatic heterocycles. The SMILES string of the molecule is CC[C@H]1CCc2c(sc3c2C(=O)N[C@H](/C=C/c2ccccc2)N3)C1. The fraction of sp³-hybridized carbons (Fsp3) is 0.350. The smallest absolute Gasteiger partial charge is 0.256 e. The Kier molecular flexibility index (Phi) is 4.15. The van der Waals surface area contributed by atoms with Crippen molar-refractivity contribution < 1.29 is 4.79 Å². The molecule has 0 radical (unpaired) electrons. The highest BCUT2D eigenvalue weighted by atomic mass is 32.1. The molecule has 3 nitrogen and oxygen atoms in total. The highest BCUT2D eigenvalue weighted by Gasteiger charge is 2.32. The molecule has 0 saturated carbocycles. The number of carbonyl (C=O) groups is 1. The Morgan fingerprint density at radius 1 is 1.25 bits per heavy atom. The van der Waals surface area contributed by atoms with Crippen LogP contribution in [0, 0.1) is 5.92 Å². The van der Waals surface area contributed by atoms with E-state index in [2.05, 4.69) is 29.7 Å². The number of carbonyl (C=O) groups excluding carboxylic acids is 1. The third-order valence-electron chi connectivity index (χ3n) is 5.03. The summed E-state index contributed by atoms with van der Waals surface area (Å²) in [6, 6.07) is 10.1. The first-order valence-electron chi connectivity index (χ1n) is 8.69. The lowest BCUT2D eigenvalue weighted by molar-refractivity contribution is 0.0942. The van der Waals surface area contributed by atoms with Crippen LogP contribution in [-0.4, -0.2) is 12.1 Å². The maximum absolute atomic E-state index is 12.6. The van der Waals surface area contributed by atoms with E-state index in [4.69, 9.17) is 0 Å². The van der Waals surface area contributed by atoms with Crippen LogP contribution in [0.1, 0.15) is 46.1 Å². The third kappa shape index (κ3) is 2.86. The van der Waals surface area contributed by atoms with Crippen molar-refractivity contribution >= 4 is 28.3 Å². The quantitative estimate of drug-likeness (QED) is 0.867. The van der Waals surface area contributed by atoms with Gasteiger partial charge in [0, 0.05) is 4.88 Å². The minimum atomic E-state index is -0.146. The van der Waals surface area contributed by atoms with Crippen LogP contribution in [0.5, 0.6) is 0 Å². The van der Waals surface area contributed by atoms with Gasteiger partial charge < -0.3 is 10.6 Å². The van der Waals surface area contributed by atoms with Crippen molar-refractivity contribution in [2.45, 2.75) is 38.8 Å². The van der Waals surface area contributed by atoms with E-state index < -0.39 is 0 Å². The summed E-state index contributed by atoms with van der Waals surface area (Å²) >= 11 is 1.78. The van der Waals surface area contributed by atoms with E-state index in [1.54, 1.807) is 11.3 Å². The molecule has 4 heteroatoms. The van der Waals surface area contributed by atoms with Gasteiger partial charge in [-0.05, 0) is 42.4 Å². The van der Waals surface area contributed by atoms with E-state index in [9.17, 15) is 4.79 Å². The summed E-state index contributed by atoms with van der Waals surface area (Å²) in [5, 5.41) is 7.61. The lowest BCUT2D eigenvalue weighted by Gasteiger charge is -2.25. The molecule has 2 atom stereocenters. The van der Waals surface area contributed by atoms with Gasteiger partial charge in [0.2, 0.25) is 0 Å². The van der Waals surface area contributed by atoms with Gasteiger partial charge in [-0.25, -0.2) is 0 Å². The highest BCUT2D eigenvalue weighted by Crippen LogP contribution is 2.41. The Balaban J connectivity index is 1.56. The van der Waals surface area contributed by atoms with Crippen LogP contribution < -0.4 is 10.6 Å². The zero-order chi connectivity index (χ0) is 16.5. The number of hydrogen-bond acceptors (Lipinski definition) is 3. The number of anilines is 1. The highest BCUT2D eigenvalue weighted by molar-refractivity contribution is 7.16. The minimum Gasteiger partial charge on any atom is -0.353 e. The molecular formula is C20H22N2OS. The summed E-state index contributed by atoms with van der Waals surface area (Å²) in [7, 11) is 0. The molecule has 1 aromatic carbocycles. The topological polar surface area (TPSA) is 41.1 Å². The molecule has 4 rings (SSSR count). The molecule has 2 heterocycles. The Labute approximate surface area is 146 Å². The second-order valence-electron chi connectivity index (χ2n) is 6.59. The summed E-state index contributed by atoms with van der Waals surface area (Å²) in [5.74, 6) is 0.841. The first-order valence-corrected chi connectivity index (χ1v) is 9.51. The second-order valence-corrected chi connectivity index (χ2v) is 7.70. The molecule has 0 fully saturated rings. The van der Waals surface area contributed by atoms with Crippen LogP contribution in [-0.2, 0) is 12.8 Å². The molecular weight excluding hydrogens is 316 g/mol. The molecule has 2 aliphatic rings. The van der Waals surface area contributed by atoms with Crippen LogP contribution >= 0.6 is 11.3 Å². The van der Waals surface area contributed by atoms with Gasteiger partial charge in [0.15, 0.2) is 0 Å². The van der Waals surface area contributed by atoms with Gasteiger partial charge in [-0.15, -0.1) is 11.3 Å². The summed E-state index contributed by atoms with van der Waals surface area (Å²) in [6.07, 6.45) is 8.52. The van der Waals surface area contributed by atoms with Crippen molar-refractivity contribution in [2.75, 3.05) is 5.32 Å². The molecule has 0 saturated heterocycles. The molecule has 124 valence electrons. The van der Waals surface area contributed by atoms with Crippen molar-refractivity contribution in [1.29, 1.82) is 0 Å². The largest absolute Gasteiger partial charge is 0.353 e. The van der Waals surface area contributed by atoms with Crippen LogP contribution in [0.2, 0.25) is 0 Å². The van der Waals surface area contributed by atoms with Gasteiger partial charge in [0.05, 0.1) is 5.56 Å². The van der Waals surface area contributed by atoms with E-state index in [-0.39, 0.29) is 12.1 Å². The van der Waals surface area contributed by atoms with E-state index in [1.807, 2.05) is 30.4 Å². The van der Waals surface area contributed by atoms with Gasteiger partial charge in [0.1, 0.15) is 11.2 Å². The van der Waals surface area contributed by atoms with Crippen molar-refractivity contribution in [1.82, 2.24) is 5.32 Å². The number of thiophene rings is 1. The Hall–Kier alpha value is -2.07. The van der Waals surface area contributed by atoms with Crippen molar-refractivity contribution in [3.63, 3.8) is 0 Å². The van der Waals surface area contributed by atoms with Gasteiger partial charge in [-0.1, -0.05) is 49.8 Å². The number of amides is 1. The summed E-state index contributed by atoms with van der Waals surface area (Å²) in [5.41, 5.74) is 3.32. The maximum atomic E-state index is 12.6. The van der Waals surface area contributed by atoms with Crippen molar-refractivity contribution in [3.8, 4) is 0 Å². The molecule has 2 N–H and O–H groups in total. The lowest BCUT2D eigenvalue weighted by Crippen LogP contribution is -2.43. The molecule has 1 amide bonds. The number of nitrogens with one attached hydrogen (secondary N) is 2. The van der Waals surface area contributed by atoms with Gasteiger partial charge in [-0.3, -0.25) is 4.79 Å². The summed E-state index contributed by atoms with van der Waals surface area (Å²) < 4.78 is 0. The zero-order valence-electron chi connectivity index (χ0n) is 13.8. The fourth-order valence-corrected chi connectivity index (χ4v) is 5.00. The summed E-state index contributed by atoms with van der Waals surface area (Å²) in [4.78, 5) is 14.0. The summed E-state index contributed by atoms with van der Waals surface area (Å²) in [6.45, 7) is 2.26. The average molecular weight is 338 g/mol. The first-order chi connectivity index (χ1) is 11.7. The average Bonchev–Trinajstić information content (AvgIpc) is 2.98. The normalized spacial score (nSPS) is 22.6. The number of benzene rings is 1. The number of hydrogen-bond donors (Lipinski definition) is 2. The van der Waals surface area contributed by atoms with Crippen LogP contribution in [0.3, 0.4) is 0 Å². The van der Waals surface area contributed by atoms with Crippen LogP contribution in [0.25, 0.3) is 6.08 Å². The van der Waals surface area contributed by atoms with Gasteiger partial charge in [0.25, 0.3) is 5.91 Å². The standard InChI is InChI=1S/C20H22N2OS/c1-2-13-8-10-15-16(12-13)24-20-18(15)19(23)21-17(22-20)11-9-14-6-4-3-5-7-14/h3-7,9,11,13,17,22H,2,8,10,12H2,1H3,(H,21,23)/b11-9+/t13-,17-/m0/s1. The first kappa shape index (κ1) is 15.5. The van der Waals surface area contributed by atoms with E-state index >= 15 is 0 Å². The molecule has 24 heavy (non-hydrogen) atoms.